The van der Waals surface area contributed by atoms with Gasteiger partial charge in [0.25, 0.3) is 0 Å². The Bertz CT molecular complexity index is 500. The van der Waals surface area contributed by atoms with Gasteiger partial charge in [-0.1, -0.05) is 0 Å². The van der Waals surface area contributed by atoms with Crippen LogP contribution in [0.3, 0.4) is 0 Å². The maximum Gasteiger partial charge on any atom is 0.242 e. The summed E-state index contributed by atoms with van der Waals surface area (Å²) in [5.41, 5.74) is 6.43. The number of nitrogens with two attached hydrogens (primary N) is 1. The summed E-state index contributed by atoms with van der Waals surface area (Å²) in [5.74, 6) is 0. The summed E-state index contributed by atoms with van der Waals surface area (Å²) in [6.45, 7) is 7.40. The molecule has 0 aliphatic rings. The predicted molar refractivity (Wildman–Crippen MR) is 80.8 cm³/mol. The molecule has 19 heavy (non-hydrogen) atoms. The van der Waals surface area contributed by atoms with Crippen LogP contribution in [0.5, 0.6) is 0 Å². The van der Waals surface area contributed by atoms with Crippen molar-refractivity contribution in [3.05, 3.63) is 18.0 Å². The van der Waals surface area contributed by atoms with E-state index in [0.717, 1.165) is 5.69 Å². The van der Waals surface area contributed by atoms with Crippen LogP contribution in [0, 0.1) is 0 Å². The molecule has 1 heterocycles. The molecule has 0 fully saturated rings. The highest BCUT2D eigenvalue weighted by molar-refractivity contribution is 8.00. The third-order valence-electron chi connectivity index (χ3n) is 3.06. The highest BCUT2D eigenvalue weighted by atomic mass is 32.2. The average Bonchev–Trinajstić information content (AvgIpc) is 2.80. The average molecular weight is 305 g/mol. The first-order valence-electron chi connectivity index (χ1n) is 6.19. The number of sulfonamides is 1. The van der Waals surface area contributed by atoms with Gasteiger partial charge in [-0.25, -0.2) is 13.1 Å². The van der Waals surface area contributed by atoms with Crippen LogP contribution in [0.2, 0.25) is 0 Å². The lowest BCUT2D eigenvalue weighted by Crippen LogP contribution is -2.35. The summed E-state index contributed by atoms with van der Waals surface area (Å²) in [6, 6.07) is 1.64. The summed E-state index contributed by atoms with van der Waals surface area (Å²) >= 11 is 1.63. The van der Waals surface area contributed by atoms with Crippen LogP contribution >= 0.6 is 11.8 Å². The van der Waals surface area contributed by atoms with Crippen LogP contribution in [0.4, 0.5) is 0 Å². The normalized spacial score (nSPS) is 12.9. The summed E-state index contributed by atoms with van der Waals surface area (Å²) < 4.78 is 28.8. The molecule has 0 aromatic carbocycles. The maximum atomic E-state index is 12.2. The Kier molecular flexibility index (Phi) is 5.49. The van der Waals surface area contributed by atoms with Gasteiger partial charge in [-0.15, -0.1) is 0 Å². The Labute approximate surface area is 120 Å². The van der Waals surface area contributed by atoms with E-state index in [1.165, 1.54) is 0 Å². The number of nitrogens with zero attached hydrogens (tertiary/aromatic N) is 1. The number of rotatable bonds is 7. The van der Waals surface area contributed by atoms with Gasteiger partial charge in [0.05, 0.1) is 4.90 Å². The van der Waals surface area contributed by atoms with Crippen LogP contribution in [-0.2, 0) is 23.1 Å². The molecule has 0 spiro atoms. The van der Waals surface area contributed by atoms with Crippen LogP contribution in [-0.4, -0.2) is 30.5 Å². The molecule has 110 valence electrons. The van der Waals surface area contributed by atoms with Crippen LogP contribution in [0.25, 0.3) is 0 Å². The van der Waals surface area contributed by atoms with Gasteiger partial charge in [-0.2, -0.15) is 11.8 Å². The molecule has 0 atom stereocenters. The summed E-state index contributed by atoms with van der Waals surface area (Å²) in [7, 11) is -3.47. The largest absolute Gasteiger partial charge is 0.349 e. The first-order chi connectivity index (χ1) is 8.75. The van der Waals surface area contributed by atoms with Gasteiger partial charge in [-0.3, -0.25) is 0 Å². The van der Waals surface area contributed by atoms with Crippen molar-refractivity contribution in [3.63, 3.8) is 0 Å². The molecular weight excluding hydrogens is 282 g/mol. The Balaban J connectivity index is 2.92. The van der Waals surface area contributed by atoms with Gasteiger partial charge in [0.1, 0.15) is 0 Å². The number of thioether (sulfide) groups is 1. The third-order valence-corrected chi connectivity index (χ3v) is 5.68. The molecule has 5 nitrogen and oxygen atoms in total. The van der Waals surface area contributed by atoms with Crippen molar-refractivity contribution in [3.8, 4) is 0 Å². The summed E-state index contributed by atoms with van der Waals surface area (Å²) in [5, 5.41) is 0. The molecule has 0 saturated carbocycles. The lowest BCUT2D eigenvalue weighted by Gasteiger charge is -2.21. The maximum absolute atomic E-state index is 12.2. The van der Waals surface area contributed by atoms with Gasteiger partial charge >= 0.3 is 0 Å². The molecule has 1 aromatic heterocycles. The SMILES string of the molecule is CCn1cc(S(=O)(=O)NCC(C)(C)SC)cc1CN. The Hall–Kier alpha value is -0.500. The van der Waals surface area contributed by atoms with Crippen molar-refractivity contribution >= 4 is 21.8 Å². The summed E-state index contributed by atoms with van der Waals surface area (Å²) in [6.07, 6.45) is 3.60. The van der Waals surface area contributed by atoms with Crippen LogP contribution in [0.1, 0.15) is 26.5 Å². The second kappa shape index (κ2) is 6.30. The van der Waals surface area contributed by atoms with E-state index in [0.29, 0.717) is 19.6 Å². The van der Waals surface area contributed by atoms with Gasteiger partial charge in [-0.05, 0) is 33.1 Å². The molecule has 7 heteroatoms. The molecule has 1 aromatic rings. The van der Waals surface area contributed by atoms with Gasteiger partial charge in [0.2, 0.25) is 10.0 Å². The molecular formula is C12H23N3O2S2. The highest BCUT2D eigenvalue weighted by Crippen LogP contribution is 2.21. The lowest BCUT2D eigenvalue weighted by atomic mass is 10.2. The fourth-order valence-corrected chi connectivity index (χ4v) is 3.15. The van der Waals surface area contributed by atoms with Gasteiger partial charge in [0.15, 0.2) is 0 Å². The molecule has 1 rings (SSSR count). The Morgan fingerprint density at radius 2 is 2.11 bits per heavy atom. The van der Waals surface area contributed by atoms with Crippen molar-refractivity contribution in [2.24, 2.45) is 5.73 Å². The fraction of sp³-hybridized carbons (Fsp3) is 0.667. The minimum Gasteiger partial charge on any atom is -0.349 e. The standard InChI is InChI=1S/C12H23N3O2S2/c1-5-15-8-11(6-10(15)7-13)19(16,17)14-9-12(2,3)18-4/h6,8,14H,5,7,9,13H2,1-4H3. The number of aromatic nitrogens is 1. The van der Waals surface area contributed by atoms with Crippen LogP contribution in [0.15, 0.2) is 17.2 Å². The summed E-state index contributed by atoms with van der Waals surface area (Å²) in [4.78, 5) is 0.284. The molecule has 3 N–H and O–H groups in total. The highest BCUT2D eigenvalue weighted by Gasteiger charge is 2.22. The number of hydrogen-bond acceptors (Lipinski definition) is 4. The van der Waals surface area contributed by atoms with E-state index >= 15 is 0 Å². The quantitative estimate of drug-likeness (QED) is 0.798. The number of nitrogens with one attached hydrogen (secondary N) is 1. The van der Waals surface area contributed by atoms with Crippen molar-refractivity contribution in [2.45, 2.75) is 43.5 Å². The molecule has 0 unspecified atom stereocenters. The zero-order valence-corrected chi connectivity index (χ0v) is 13.6. The first kappa shape index (κ1) is 16.6. The van der Waals surface area contributed by atoms with Crippen LogP contribution < -0.4 is 10.5 Å². The monoisotopic (exact) mass is 305 g/mol. The second-order valence-corrected chi connectivity index (χ2v) is 8.23. The van der Waals surface area contributed by atoms with Gasteiger partial charge < -0.3 is 10.3 Å². The predicted octanol–water partition coefficient (Wildman–Crippen LogP) is 1.39. The van der Waals surface area contributed by atoms with E-state index < -0.39 is 10.0 Å². The zero-order chi connectivity index (χ0) is 14.7. The molecule has 0 saturated heterocycles. The minimum atomic E-state index is -3.47. The van der Waals surface area contributed by atoms with Crippen molar-refractivity contribution in [1.82, 2.24) is 9.29 Å². The Morgan fingerprint density at radius 1 is 1.47 bits per heavy atom. The van der Waals surface area contributed by atoms with Gasteiger partial charge in [0, 0.05) is 36.3 Å². The van der Waals surface area contributed by atoms with E-state index in [9.17, 15) is 8.42 Å². The topological polar surface area (TPSA) is 77.1 Å². The molecule has 0 amide bonds. The molecule has 0 bridgehead atoms. The zero-order valence-electron chi connectivity index (χ0n) is 11.9. The fourth-order valence-electron chi connectivity index (χ4n) is 1.56. The number of aryl methyl sites for hydroxylation is 1. The number of hydrogen-bond donors (Lipinski definition) is 2. The minimum absolute atomic E-state index is 0.128. The molecule has 0 aliphatic carbocycles. The van der Waals surface area contributed by atoms with E-state index in [1.54, 1.807) is 24.0 Å². The lowest BCUT2D eigenvalue weighted by molar-refractivity contribution is 0.570. The van der Waals surface area contributed by atoms with E-state index in [1.807, 2.05) is 31.6 Å². The van der Waals surface area contributed by atoms with Crippen molar-refractivity contribution in [1.29, 1.82) is 0 Å². The van der Waals surface area contributed by atoms with Crippen molar-refractivity contribution < 1.29 is 8.42 Å². The molecule has 0 aliphatic heterocycles. The Morgan fingerprint density at radius 3 is 2.53 bits per heavy atom. The third kappa shape index (κ3) is 4.24. The van der Waals surface area contributed by atoms with E-state index in [2.05, 4.69) is 4.72 Å². The van der Waals surface area contributed by atoms with Crippen molar-refractivity contribution in [2.75, 3.05) is 12.8 Å². The van der Waals surface area contributed by atoms with E-state index in [4.69, 9.17) is 5.73 Å². The van der Waals surface area contributed by atoms with E-state index in [-0.39, 0.29) is 9.64 Å². The first-order valence-corrected chi connectivity index (χ1v) is 8.90. The smallest absolute Gasteiger partial charge is 0.242 e. The molecule has 0 radical (unpaired) electrons. The second-order valence-electron chi connectivity index (χ2n) is 4.95.